The third kappa shape index (κ3) is 5.16. The first kappa shape index (κ1) is 35.5. The molecule has 0 amide bonds. The lowest BCUT2D eigenvalue weighted by molar-refractivity contribution is 0.545. The maximum absolute atomic E-state index is 7.00. The summed E-state index contributed by atoms with van der Waals surface area (Å²) in [6.07, 6.45) is 6.34. The van der Waals surface area contributed by atoms with Gasteiger partial charge in [-0.05, 0) is 53.9 Å². The normalized spacial score (nSPS) is 12.8. The smallest absolute Gasteiger partial charge is 0.238 e. The van der Waals surface area contributed by atoms with Crippen molar-refractivity contribution in [2.24, 2.45) is 0 Å². The highest BCUT2D eigenvalue weighted by molar-refractivity contribution is 7.25. The summed E-state index contributed by atoms with van der Waals surface area (Å²) in [5.41, 5.74) is 11.4. The molecule has 64 heavy (non-hydrogen) atoms. The number of para-hydroxylation sites is 2. The quantitative estimate of drug-likeness (QED) is 0.173. The van der Waals surface area contributed by atoms with E-state index in [0.29, 0.717) is 17.6 Å². The van der Waals surface area contributed by atoms with Gasteiger partial charge < -0.3 is 8.98 Å². The average molecular weight is 838 g/mol. The molecule has 0 bridgehead atoms. The van der Waals surface area contributed by atoms with Gasteiger partial charge in [0.25, 0.3) is 0 Å². The van der Waals surface area contributed by atoms with Crippen LogP contribution in [0.2, 0.25) is 0 Å². The van der Waals surface area contributed by atoms with E-state index in [1.807, 2.05) is 18.2 Å². The van der Waals surface area contributed by atoms with Gasteiger partial charge in [0.15, 0.2) is 17.2 Å². The summed E-state index contributed by atoms with van der Waals surface area (Å²) in [5.74, 6) is 2.83. The van der Waals surface area contributed by atoms with E-state index in [9.17, 15) is 0 Å². The Bertz CT molecular complexity index is 4080. The highest BCUT2D eigenvalue weighted by Gasteiger charge is 2.27. The number of nitrogens with zero attached hydrogens (tertiary/aromatic N) is 5. The van der Waals surface area contributed by atoms with E-state index in [1.165, 1.54) is 20.3 Å². The molecule has 0 fully saturated rings. The molecule has 300 valence electrons. The summed E-state index contributed by atoms with van der Waals surface area (Å²) >= 11 is 1.80. The first-order valence-electron chi connectivity index (χ1n) is 21.7. The van der Waals surface area contributed by atoms with Gasteiger partial charge >= 0.3 is 0 Å². The molecule has 0 saturated carbocycles. The number of hydrogen-bond donors (Lipinski definition) is 0. The minimum Gasteiger partial charge on any atom is -0.458 e. The predicted octanol–water partition coefficient (Wildman–Crippen LogP) is 15.1. The second-order valence-electron chi connectivity index (χ2n) is 16.6. The Hall–Kier alpha value is -8.13. The van der Waals surface area contributed by atoms with Crippen molar-refractivity contribution in [2.75, 3.05) is 0 Å². The van der Waals surface area contributed by atoms with E-state index in [2.05, 4.69) is 179 Å². The second kappa shape index (κ2) is 13.7. The predicted molar refractivity (Wildman–Crippen MR) is 265 cm³/mol. The standard InChI is InChI=1S/C57H35N5OS/c1-3-16-34(17-4-1)36-32-44-39-22-9-13-27-48(39)63-54(44)47(33-36)61-45-25-11-7-20-37(45)40-30-31-41-38-21-8-12-26-46(38)62(53(41)52(40)61)57-59-55(35-18-5-2-6-19-35)58-56(60-57)43-24-15-29-50-51(43)42-23-10-14-28-49(42)64-50/h1-12,14-26,28-33H,13,27H2. The zero-order valence-electron chi connectivity index (χ0n) is 34.4. The van der Waals surface area contributed by atoms with Gasteiger partial charge in [0.05, 0.1) is 27.8 Å². The molecule has 1 aliphatic rings. The van der Waals surface area contributed by atoms with Gasteiger partial charge in [-0.2, -0.15) is 9.97 Å². The van der Waals surface area contributed by atoms with E-state index < -0.39 is 0 Å². The fourth-order valence-corrected chi connectivity index (χ4v) is 11.3. The van der Waals surface area contributed by atoms with Crippen LogP contribution in [-0.2, 0) is 6.42 Å². The Labute approximate surface area is 370 Å². The van der Waals surface area contributed by atoms with Gasteiger partial charge in [-0.3, -0.25) is 4.57 Å². The maximum atomic E-state index is 7.00. The van der Waals surface area contributed by atoms with Crippen LogP contribution in [0.25, 0.3) is 126 Å². The molecular weight excluding hydrogens is 803 g/mol. The molecule has 1 aliphatic carbocycles. The summed E-state index contributed by atoms with van der Waals surface area (Å²) in [6.45, 7) is 0. The van der Waals surface area contributed by atoms with Gasteiger partial charge in [0.1, 0.15) is 5.76 Å². The van der Waals surface area contributed by atoms with Crippen LogP contribution in [0.3, 0.4) is 0 Å². The topological polar surface area (TPSA) is 61.7 Å². The SMILES string of the molecule is C1=Cc2c(oc3c(-n4c5ccccc5c5ccc6c7ccccc7n(-c7nc(-c8ccccc8)nc(-c8cccc9sc%10ccccc%10c89)n7)c6c54)cc(-c4ccccc4)cc23)CC1. The van der Waals surface area contributed by atoms with Crippen LogP contribution in [0.5, 0.6) is 0 Å². The first-order valence-corrected chi connectivity index (χ1v) is 22.6. The number of fused-ring (bicyclic) bond motifs is 13. The Morgan fingerprint density at radius 1 is 0.484 bits per heavy atom. The zero-order chi connectivity index (χ0) is 41.9. The lowest BCUT2D eigenvalue weighted by Gasteiger charge is -2.15. The van der Waals surface area contributed by atoms with Crippen molar-refractivity contribution < 1.29 is 4.42 Å². The monoisotopic (exact) mass is 837 g/mol. The van der Waals surface area contributed by atoms with Gasteiger partial charge in [-0.1, -0.05) is 152 Å². The van der Waals surface area contributed by atoms with E-state index >= 15 is 0 Å². The third-order valence-electron chi connectivity index (χ3n) is 13.0. The Morgan fingerprint density at radius 3 is 1.91 bits per heavy atom. The molecule has 8 aromatic carbocycles. The van der Waals surface area contributed by atoms with Crippen LogP contribution in [0, 0.1) is 0 Å². The minimum absolute atomic E-state index is 0.553. The van der Waals surface area contributed by atoms with Crippen molar-refractivity contribution in [3.05, 3.63) is 193 Å². The van der Waals surface area contributed by atoms with Crippen LogP contribution in [0.15, 0.2) is 186 Å². The summed E-state index contributed by atoms with van der Waals surface area (Å²) in [6, 6.07) is 62.6. The molecule has 0 unspecified atom stereocenters. The van der Waals surface area contributed by atoms with Gasteiger partial charge in [-0.15, -0.1) is 11.3 Å². The molecule has 13 aromatic rings. The Kier molecular flexibility index (Phi) is 7.58. The van der Waals surface area contributed by atoms with Gasteiger partial charge in [-0.25, -0.2) is 4.98 Å². The number of thiophene rings is 1. The molecule has 0 saturated heterocycles. The van der Waals surface area contributed by atoms with Crippen molar-refractivity contribution in [1.82, 2.24) is 24.1 Å². The Morgan fingerprint density at radius 2 is 1.12 bits per heavy atom. The Balaban J connectivity index is 1.14. The minimum atomic E-state index is 0.553. The lowest BCUT2D eigenvalue weighted by Crippen LogP contribution is -2.07. The largest absolute Gasteiger partial charge is 0.458 e. The molecule has 6 nitrogen and oxygen atoms in total. The number of aromatic nitrogens is 5. The molecule has 5 aromatic heterocycles. The molecule has 14 rings (SSSR count). The fourth-order valence-electron chi connectivity index (χ4n) is 10.2. The van der Waals surface area contributed by atoms with Crippen LogP contribution in [0.1, 0.15) is 17.7 Å². The van der Waals surface area contributed by atoms with Crippen molar-refractivity contribution >= 4 is 92.2 Å². The molecular formula is C57H35N5OS. The highest BCUT2D eigenvalue weighted by atomic mass is 32.1. The first-order chi connectivity index (χ1) is 31.7. The molecule has 0 spiro atoms. The van der Waals surface area contributed by atoms with Gasteiger partial charge in [0.2, 0.25) is 5.95 Å². The molecule has 0 atom stereocenters. The molecule has 0 aliphatic heterocycles. The van der Waals surface area contributed by atoms with E-state index in [-0.39, 0.29) is 0 Å². The maximum Gasteiger partial charge on any atom is 0.238 e. The number of furan rings is 1. The molecule has 5 heterocycles. The molecule has 0 radical (unpaired) electrons. The van der Waals surface area contributed by atoms with Crippen LogP contribution in [0.4, 0.5) is 0 Å². The van der Waals surface area contributed by atoms with E-state index in [1.54, 1.807) is 11.3 Å². The summed E-state index contributed by atoms with van der Waals surface area (Å²) in [5, 5.41) is 7.99. The zero-order valence-corrected chi connectivity index (χ0v) is 35.2. The summed E-state index contributed by atoms with van der Waals surface area (Å²) < 4.78 is 14.1. The molecule has 0 N–H and O–H groups in total. The number of allylic oxidation sites excluding steroid dienone is 1. The lowest BCUT2D eigenvalue weighted by atomic mass is 9.98. The number of aryl methyl sites for hydroxylation is 1. The summed E-state index contributed by atoms with van der Waals surface area (Å²) in [7, 11) is 0. The van der Waals surface area contributed by atoms with E-state index in [4.69, 9.17) is 19.4 Å². The number of hydrogen-bond acceptors (Lipinski definition) is 5. The van der Waals surface area contributed by atoms with Crippen LogP contribution >= 0.6 is 11.3 Å². The summed E-state index contributed by atoms with van der Waals surface area (Å²) in [4.78, 5) is 16.2. The third-order valence-corrected chi connectivity index (χ3v) is 14.2. The van der Waals surface area contributed by atoms with Crippen molar-refractivity contribution in [2.45, 2.75) is 12.8 Å². The van der Waals surface area contributed by atoms with Crippen molar-refractivity contribution in [1.29, 1.82) is 0 Å². The number of rotatable bonds is 5. The van der Waals surface area contributed by atoms with Crippen molar-refractivity contribution in [3.8, 4) is 45.5 Å². The highest BCUT2D eigenvalue weighted by Crippen LogP contribution is 2.46. The van der Waals surface area contributed by atoms with E-state index in [0.717, 1.165) is 107 Å². The average Bonchev–Trinajstić information content (AvgIpc) is 4.12. The number of benzene rings is 8. The molecule has 7 heteroatoms. The van der Waals surface area contributed by atoms with Crippen molar-refractivity contribution in [3.63, 3.8) is 0 Å². The van der Waals surface area contributed by atoms with Crippen LogP contribution in [-0.4, -0.2) is 24.1 Å². The van der Waals surface area contributed by atoms with Gasteiger partial charge in [0, 0.05) is 70.2 Å². The fraction of sp³-hybridized carbons (Fsp3) is 0.0351. The second-order valence-corrected chi connectivity index (χ2v) is 17.7. The van der Waals surface area contributed by atoms with Crippen LogP contribution < -0.4 is 0 Å².